The van der Waals surface area contributed by atoms with E-state index in [2.05, 4.69) is 121 Å². The number of aromatic nitrogens is 1. The van der Waals surface area contributed by atoms with Gasteiger partial charge in [0.25, 0.3) is 0 Å². The Bertz CT molecular complexity index is 2130. The Labute approximate surface area is 269 Å². The number of nitrogens with two attached hydrogens (primary N) is 1. The number of para-hydroxylation sites is 1. The minimum atomic E-state index is 0.837. The van der Waals surface area contributed by atoms with Crippen LogP contribution < -0.4 is 11.1 Å². The summed E-state index contributed by atoms with van der Waals surface area (Å²) >= 11 is 1.89. The molecule has 0 unspecified atom stereocenters. The highest BCUT2D eigenvalue weighted by atomic mass is 32.1. The molecule has 0 fully saturated rings. The van der Waals surface area contributed by atoms with Crippen LogP contribution in [0.1, 0.15) is 31.4 Å². The number of nitrogens with zero attached hydrogens (tertiary/aromatic N) is 1. The van der Waals surface area contributed by atoms with Gasteiger partial charge in [-0.1, -0.05) is 134 Å². The Hall–Kier alpha value is -5.06. The van der Waals surface area contributed by atoms with Gasteiger partial charge in [-0.15, -0.1) is 11.3 Å². The largest absolute Gasteiger partial charge is 0.398 e. The lowest BCUT2D eigenvalue weighted by molar-refractivity contribution is 0.886. The van der Waals surface area contributed by atoms with E-state index >= 15 is 0 Å². The molecule has 0 aliphatic carbocycles. The van der Waals surface area contributed by atoms with Gasteiger partial charge in [0, 0.05) is 38.5 Å². The minimum absolute atomic E-state index is 0.837. The molecule has 2 aromatic heterocycles. The molecule has 3 N–H and O–H groups in total. The smallest absolute Gasteiger partial charge is 0.110 e. The summed E-state index contributed by atoms with van der Waals surface area (Å²) in [5.74, 6) is 1.12. The van der Waals surface area contributed by atoms with E-state index in [0.29, 0.717) is 0 Å². The van der Waals surface area contributed by atoms with Gasteiger partial charge in [0.05, 0.1) is 15.7 Å². The summed E-state index contributed by atoms with van der Waals surface area (Å²) in [5.41, 5.74) is 11.7. The number of thiophene rings is 1. The van der Waals surface area contributed by atoms with E-state index in [9.17, 15) is 0 Å². The molecule has 7 aromatic rings. The maximum atomic E-state index is 6.00. The summed E-state index contributed by atoms with van der Waals surface area (Å²) in [4.78, 5) is 0. The van der Waals surface area contributed by atoms with Gasteiger partial charge in [0.15, 0.2) is 0 Å². The Kier molecular flexibility index (Phi) is 9.43. The molecule has 7 rings (SSSR count). The molecule has 0 aliphatic rings. The van der Waals surface area contributed by atoms with E-state index < -0.39 is 0 Å². The Morgan fingerprint density at radius 2 is 1.40 bits per heavy atom. The van der Waals surface area contributed by atoms with E-state index in [4.69, 9.17) is 5.73 Å². The zero-order chi connectivity index (χ0) is 31.0. The summed E-state index contributed by atoms with van der Waals surface area (Å²) in [7, 11) is 0. The van der Waals surface area contributed by atoms with Crippen molar-refractivity contribution in [3.8, 4) is 0 Å². The van der Waals surface area contributed by atoms with Crippen LogP contribution in [0.15, 0.2) is 146 Å². The number of nitrogens with one attached hydrogen (secondary N) is 1. The van der Waals surface area contributed by atoms with Crippen LogP contribution in [0.25, 0.3) is 53.5 Å². The van der Waals surface area contributed by atoms with Gasteiger partial charge in [-0.3, -0.25) is 4.57 Å². The van der Waals surface area contributed by atoms with Crippen molar-refractivity contribution in [3.63, 3.8) is 0 Å². The lowest BCUT2D eigenvalue weighted by Crippen LogP contribution is -2.16. The lowest BCUT2D eigenvalue weighted by Gasteiger charge is -2.14. The Morgan fingerprint density at radius 1 is 0.733 bits per heavy atom. The highest BCUT2D eigenvalue weighted by Gasteiger charge is 2.18. The molecule has 0 bridgehead atoms. The number of hydrogen-bond acceptors (Lipinski definition) is 3. The highest BCUT2D eigenvalue weighted by Crippen LogP contribution is 2.42. The van der Waals surface area contributed by atoms with Gasteiger partial charge in [-0.2, -0.15) is 0 Å². The van der Waals surface area contributed by atoms with Crippen molar-refractivity contribution in [1.82, 2.24) is 9.88 Å². The molecule has 4 heteroatoms. The SMILES string of the molecule is CC/C=C\C=C(/NCC)n1c2ccccc2c2ccc3c4ccccc4sc3c21.N/C(=C\Cc1ccccc1)c1ccccc1. The van der Waals surface area contributed by atoms with Crippen LogP contribution in [-0.4, -0.2) is 11.1 Å². The second kappa shape index (κ2) is 14.1. The van der Waals surface area contributed by atoms with E-state index in [1.807, 2.05) is 59.9 Å². The van der Waals surface area contributed by atoms with Crippen LogP contribution in [0.4, 0.5) is 0 Å². The fourth-order valence-corrected chi connectivity index (χ4v) is 7.00. The van der Waals surface area contributed by atoms with Gasteiger partial charge >= 0.3 is 0 Å². The molecule has 224 valence electrons. The lowest BCUT2D eigenvalue weighted by atomic mass is 10.1. The van der Waals surface area contributed by atoms with Crippen molar-refractivity contribution in [3.05, 3.63) is 157 Å². The summed E-state index contributed by atoms with van der Waals surface area (Å²) in [6.45, 7) is 5.20. The summed E-state index contributed by atoms with van der Waals surface area (Å²) < 4.78 is 5.10. The third-order valence-corrected chi connectivity index (χ3v) is 9.11. The maximum Gasteiger partial charge on any atom is 0.110 e. The first-order valence-corrected chi connectivity index (χ1v) is 16.5. The van der Waals surface area contributed by atoms with Gasteiger partial charge < -0.3 is 11.1 Å². The quantitative estimate of drug-likeness (QED) is 0.169. The molecule has 0 spiro atoms. The third kappa shape index (κ3) is 6.43. The summed E-state index contributed by atoms with van der Waals surface area (Å²) in [6.07, 6.45) is 10.5. The molecular formula is C41H39N3S. The fourth-order valence-electron chi connectivity index (χ4n) is 5.76. The van der Waals surface area contributed by atoms with Gasteiger partial charge in [-0.05, 0) is 49.1 Å². The summed E-state index contributed by atoms with van der Waals surface area (Å²) in [6, 6.07) is 42.4. The van der Waals surface area contributed by atoms with Crippen molar-refractivity contribution < 1.29 is 0 Å². The van der Waals surface area contributed by atoms with Crippen molar-refractivity contribution >= 4 is 64.8 Å². The van der Waals surface area contributed by atoms with Crippen LogP contribution in [0.3, 0.4) is 0 Å². The fraction of sp³-hybridized carbons (Fsp3) is 0.122. The van der Waals surface area contributed by atoms with E-state index in [-0.39, 0.29) is 0 Å². The van der Waals surface area contributed by atoms with Gasteiger partial charge in [0.1, 0.15) is 5.82 Å². The standard InChI is InChI=1S/C26H24N2S.C15H15N/c1-3-5-6-15-24(27-4-2)28-22-13-9-7-11-18(22)20-16-17-21-19-12-8-10-14-23(19)29-26(21)25(20)28;16-15(14-9-5-2-6-10-14)12-11-13-7-3-1-4-8-13/h5-17,27H,3-4H2,1-2H3;1-10,12H,11,16H2/b6-5-,24-15+;15-12-. The Balaban J connectivity index is 0.000000189. The highest BCUT2D eigenvalue weighted by molar-refractivity contribution is 7.26. The number of allylic oxidation sites excluding steroid dienone is 4. The second-order valence-electron chi connectivity index (χ2n) is 10.9. The number of hydrogen-bond donors (Lipinski definition) is 2. The monoisotopic (exact) mass is 605 g/mol. The van der Waals surface area contributed by atoms with Crippen molar-refractivity contribution in [1.29, 1.82) is 0 Å². The van der Waals surface area contributed by atoms with Crippen molar-refractivity contribution in [2.75, 3.05) is 6.54 Å². The third-order valence-electron chi connectivity index (χ3n) is 7.91. The number of benzene rings is 5. The molecule has 0 saturated heterocycles. The number of fused-ring (bicyclic) bond motifs is 7. The first-order chi connectivity index (χ1) is 22.2. The summed E-state index contributed by atoms with van der Waals surface area (Å²) in [5, 5.41) is 8.88. The average Bonchev–Trinajstić information content (AvgIpc) is 3.64. The molecule has 0 atom stereocenters. The molecule has 0 radical (unpaired) electrons. The van der Waals surface area contributed by atoms with Gasteiger partial charge in [-0.25, -0.2) is 0 Å². The first kappa shape index (κ1) is 30.0. The zero-order valence-electron chi connectivity index (χ0n) is 25.9. The molecular weight excluding hydrogens is 567 g/mol. The van der Waals surface area contributed by atoms with Crippen molar-refractivity contribution in [2.45, 2.75) is 26.7 Å². The molecule has 0 aliphatic heterocycles. The minimum Gasteiger partial charge on any atom is -0.398 e. The van der Waals surface area contributed by atoms with E-state index in [1.165, 1.54) is 47.5 Å². The number of rotatable bonds is 8. The van der Waals surface area contributed by atoms with E-state index in [0.717, 1.165) is 36.5 Å². The molecule has 0 saturated carbocycles. The van der Waals surface area contributed by atoms with Gasteiger partial charge in [0.2, 0.25) is 0 Å². The molecule has 45 heavy (non-hydrogen) atoms. The van der Waals surface area contributed by atoms with Crippen LogP contribution in [0.5, 0.6) is 0 Å². The normalized spacial score (nSPS) is 12.3. The van der Waals surface area contributed by atoms with Crippen molar-refractivity contribution in [2.24, 2.45) is 5.73 Å². The molecule has 2 heterocycles. The predicted octanol–water partition coefficient (Wildman–Crippen LogP) is 10.8. The predicted molar refractivity (Wildman–Crippen MR) is 198 cm³/mol. The van der Waals surface area contributed by atoms with Crippen LogP contribution in [0.2, 0.25) is 0 Å². The van der Waals surface area contributed by atoms with Crippen LogP contribution >= 0.6 is 11.3 Å². The molecule has 5 aromatic carbocycles. The Morgan fingerprint density at radius 3 is 2.16 bits per heavy atom. The van der Waals surface area contributed by atoms with Crippen LogP contribution in [0, 0.1) is 0 Å². The second-order valence-corrected chi connectivity index (χ2v) is 12.0. The average molecular weight is 606 g/mol. The molecule has 3 nitrogen and oxygen atoms in total. The topological polar surface area (TPSA) is 43.0 Å². The maximum absolute atomic E-state index is 6.00. The molecule has 0 amide bonds. The van der Waals surface area contributed by atoms with Crippen LogP contribution in [-0.2, 0) is 6.42 Å². The zero-order valence-corrected chi connectivity index (χ0v) is 26.7. The van der Waals surface area contributed by atoms with E-state index in [1.54, 1.807) is 0 Å². The first-order valence-electron chi connectivity index (χ1n) is 15.7.